The van der Waals surface area contributed by atoms with Gasteiger partial charge in [-0.1, -0.05) is 18.2 Å². The number of hydrogen-bond acceptors (Lipinski definition) is 3. The zero-order chi connectivity index (χ0) is 19.3. The van der Waals surface area contributed by atoms with Crippen molar-refractivity contribution in [1.29, 1.82) is 0 Å². The van der Waals surface area contributed by atoms with E-state index in [-0.39, 0.29) is 28.8 Å². The van der Waals surface area contributed by atoms with Crippen LogP contribution in [0.4, 0.5) is 27.8 Å². The summed E-state index contributed by atoms with van der Waals surface area (Å²) in [6.45, 7) is 0. The van der Waals surface area contributed by atoms with Crippen molar-refractivity contribution in [3.63, 3.8) is 0 Å². The Bertz CT molecular complexity index is 1080. The largest absolute Gasteiger partial charge is 0.416 e. The maximum atomic E-state index is 14.6. The Morgan fingerprint density at radius 3 is 2.41 bits per heavy atom. The van der Waals surface area contributed by atoms with Crippen molar-refractivity contribution in [2.75, 3.05) is 5.32 Å². The van der Waals surface area contributed by atoms with Gasteiger partial charge in [-0.2, -0.15) is 18.2 Å². The van der Waals surface area contributed by atoms with Crippen molar-refractivity contribution < 1.29 is 22.0 Å². The van der Waals surface area contributed by atoms with E-state index in [2.05, 4.69) is 10.3 Å². The fourth-order valence-corrected chi connectivity index (χ4v) is 2.89. The van der Waals surface area contributed by atoms with Crippen molar-refractivity contribution in [3.05, 3.63) is 64.3 Å². The summed E-state index contributed by atoms with van der Waals surface area (Å²) < 4.78 is 68.3. The summed E-state index contributed by atoms with van der Waals surface area (Å²) in [5.74, 6) is -1.46. The molecule has 1 N–H and O–H groups in total. The molecule has 1 aliphatic rings. The van der Waals surface area contributed by atoms with E-state index in [1.165, 1.54) is 12.1 Å². The Balaban J connectivity index is 2.05. The number of alkyl halides is 4. The lowest BCUT2D eigenvalue weighted by Crippen LogP contribution is -2.25. The van der Waals surface area contributed by atoms with E-state index >= 15 is 0 Å². The van der Waals surface area contributed by atoms with E-state index < -0.39 is 35.5 Å². The quantitative estimate of drug-likeness (QED) is 0.696. The monoisotopic (exact) mass is 381 g/mol. The van der Waals surface area contributed by atoms with Gasteiger partial charge in [-0.25, -0.2) is 13.6 Å². The Kier molecular flexibility index (Phi) is 3.90. The lowest BCUT2D eigenvalue weighted by Gasteiger charge is -2.16. The molecule has 0 saturated heterocycles. The van der Waals surface area contributed by atoms with Crippen LogP contribution >= 0.6 is 0 Å². The van der Waals surface area contributed by atoms with Gasteiger partial charge < -0.3 is 5.32 Å². The smallest absolute Gasteiger partial charge is 0.363 e. The van der Waals surface area contributed by atoms with Crippen LogP contribution in [-0.2, 0) is 6.18 Å². The molecule has 0 amide bonds. The third-order valence-electron chi connectivity index (χ3n) is 4.32. The average Bonchev–Trinajstić information content (AvgIpc) is 3.29. The molecule has 2 unspecified atom stereocenters. The third-order valence-corrected chi connectivity index (χ3v) is 4.32. The van der Waals surface area contributed by atoms with E-state index in [0.29, 0.717) is 12.1 Å². The summed E-state index contributed by atoms with van der Waals surface area (Å²) in [4.78, 5) is 16.3. The van der Waals surface area contributed by atoms with Gasteiger partial charge in [0.1, 0.15) is 17.8 Å². The molecule has 1 saturated carbocycles. The van der Waals surface area contributed by atoms with Crippen molar-refractivity contribution in [2.45, 2.75) is 24.8 Å². The van der Waals surface area contributed by atoms with Crippen LogP contribution in [0, 0.1) is 5.82 Å². The van der Waals surface area contributed by atoms with Gasteiger partial charge in [-0.3, -0.25) is 4.57 Å². The molecular formula is C18H12F5N3O. The van der Waals surface area contributed by atoms with Crippen LogP contribution in [0.25, 0.3) is 16.6 Å². The molecule has 27 heavy (non-hydrogen) atoms. The summed E-state index contributed by atoms with van der Waals surface area (Å²) in [7, 11) is 0. The molecule has 1 heterocycles. The van der Waals surface area contributed by atoms with Crippen LogP contribution in [-0.4, -0.2) is 21.8 Å². The second-order valence-electron chi connectivity index (χ2n) is 6.27. The topological polar surface area (TPSA) is 46.9 Å². The lowest BCUT2D eigenvalue weighted by molar-refractivity contribution is -0.137. The minimum Gasteiger partial charge on any atom is -0.363 e. The van der Waals surface area contributed by atoms with Gasteiger partial charge in [0.15, 0.2) is 0 Å². The number of nitrogens with zero attached hydrogens (tertiary/aromatic N) is 2. The Labute approximate surface area is 149 Å². The van der Waals surface area contributed by atoms with Crippen LogP contribution in [0.2, 0.25) is 0 Å². The highest BCUT2D eigenvalue weighted by atomic mass is 19.4. The van der Waals surface area contributed by atoms with Gasteiger partial charge in [-0.05, 0) is 24.3 Å². The number of rotatable bonds is 3. The molecule has 1 fully saturated rings. The molecule has 1 aromatic heterocycles. The van der Waals surface area contributed by atoms with Crippen LogP contribution in [0.1, 0.15) is 12.0 Å². The van der Waals surface area contributed by atoms with Crippen LogP contribution in [0.5, 0.6) is 0 Å². The summed E-state index contributed by atoms with van der Waals surface area (Å²) >= 11 is 0. The molecule has 0 aliphatic heterocycles. The van der Waals surface area contributed by atoms with E-state index in [1.807, 2.05) is 0 Å². The highest BCUT2D eigenvalue weighted by Gasteiger charge is 2.39. The number of fused-ring (bicyclic) bond motifs is 1. The highest BCUT2D eigenvalue weighted by molar-refractivity contribution is 5.91. The standard InChI is InChI=1S/C18H12F5N3O/c19-11-8-13(11)24-16-15-12(20)6-9(18(21,22)23)7-14(15)26(17(27)25-16)10-4-2-1-3-5-10/h1-7,11,13H,8H2,(H,24,25,27). The lowest BCUT2D eigenvalue weighted by atomic mass is 10.1. The number of para-hydroxylation sites is 1. The maximum absolute atomic E-state index is 14.6. The molecule has 4 nitrogen and oxygen atoms in total. The van der Waals surface area contributed by atoms with Crippen LogP contribution < -0.4 is 11.0 Å². The predicted octanol–water partition coefficient (Wildman–Crippen LogP) is 4.07. The van der Waals surface area contributed by atoms with Crippen molar-refractivity contribution in [1.82, 2.24) is 9.55 Å². The van der Waals surface area contributed by atoms with Crippen molar-refractivity contribution >= 4 is 16.7 Å². The average molecular weight is 381 g/mol. The Morgan fingerprint density at radius 2 is 1.81 bits per heavy atom. The molecule has 4 rings (SSSR count). The molecule has 0 radical (unpaired) electrons. The molecule has 2 atom stereocenters. The molecule has 9 heteroatoms. The maximum Gasteiger partial charge on any atom is 0.416 e. The fourth-order valence-electron chi connectivity index (χ4n) is 2.89. The minimum absolute atomic E-state index is 0.160. The molecule has 0 bridgehead atoms. The highest BCUT2D eigenvalue weighted by Crippen LogP contribution is 2.36. The van der Waals surface area contributed by atoms with Gasteiger partial charge in [0.25, 0.3) is 0 Å². The van der Waals surface area contributed by atoms with E-state index in [0.717, 1.165) is 4.57 Å². The van der Waals surface area contributed by atoms with Gasteiger partial charge >= 0.3 is 11.9 Å². The first-order valence-corrected chi connectivity index (χ1v) is 8.05. The first kappa shape index (κ1) is 17.4. The molecule has 2 aromatic carbocycles. The van der Waals surface area contributed by atoms with E-state index in [4.69, 9.17) is 0 Å². The van der Waals surface area contributed by atoms with Gasteiger partial charge in [0.05, 0.1) is 28.2 Å². The number of benzene rings is 2. The third kappa shape index (κ3) is 3.13. The summed E-state index contributed by atoms with van der Waals surface area (Å²) in [5, 5.41) is 2.31. The second kappa shape index (κ2) is 6.04. The summed E-state index contributed by atoms with van der Waals surface area (Å²) in [5.41, 5.74) is -2.19. The van der Waals surface area contributed by atoms with Gasteiger partial charge in [0, 0.05) is 6.42 Å². The van der Waals surface area contributed by atoms with Gasteiger partial charge in [0.2, 0.25) is 0 Å². The number of aromatic nitrogens is 2. The molecule has 1 aliphatic carbocycles. The van der Waals surface area contributed by atoms with Crippen molar-refractivity contribution in [2.24, 2.45) is 0 Å². The second-order valence-corrected chi connectivity index (χ2v) is 6.27. The molecule has 3 aromatic rings. The summed E-state index contributed by atoms with van der Waals surface area (Å²) in [6.07, 6.45) is -5.81. The minimum atomic E-state index is -4.80. The molecular weight excluding hydrogens is 369 g/mol. The SMILES string of the molecule is O=c1nc(NC2CC2F)c2c(F)cc(C(F)(F)F)cc2n1-c1ccccc1. The Hall–Kier alpha value is -2.97. The van der Waals surface area contributed by atoms with E-state index in [9.17, 15) is 26.7 Å². The van der Waals surface area contributed by atoms with Crippen molar-refractivity contribution in [3.8, 4) is 5.69 Å². The first-order valence-electron chi connectivity index (χ1n) is 8.05. The van der Waals surface area contributed by atoms with Gasteiger partial charge in [-0.15, -0.1) is 0 Å². The number of nitrogens with one attached hydrogen (secondary N) is 1. The molecule has 0 spiro atoms. The fraction of sp³-hybridized carbons (Fsp3) is 0.222. The Morgan fingerprint density at radius 1 is 1.15 bits per heavy atom. The predicted molar refractivity (Wildman–Crippen MR) is 89.2 cm³/mol. The van der Waals surface area contributed by atoms with Crippen LogP contribution in [0.3, 0.4) is 0 Å². The van der Waals surface area contributed by atoms with Crippen LogP contribution in [0.15, 0.2) is 47.3 Å². The number of halogens is 5. The normalized spacial score (nSPS) is 19.3. The number of anilines is 1. The van der Waals surface area contributed by atoms with E-state index in [1.54, 1.807) is 18.2 Å². The zero-order valence-electron chi connectivity index (χ0n) is 13.6. The zero-order valence-corrected chi connectivity index (χ0v) is 13.6. The number of hydrogen-bond donors (Lipinski definition) is 1. The molecule has 140 valence electrons. The summed E-state index contributed by atoms with van der Waals surface area (Å²) in [6, 6.07) is 8.21. The first-order chi connectivity index (χ1) is 12.8.